The Morgan fingerprint density at radius 3 is 2.52 bits per heavy atom. The van der Waals surface area contributed by atoms with Crippen LogP contribution in [-0.2, 0) is 4.79 Å². The number of likely N-dealkylation sites (N-methyl/N-ethyl adjacent to an activating group) is 1. The number of para-hydroxylation sites is 1. The van der Waals surface area contributed by atoms with Crippen LogP contribution in [0.15, 0.2) is 30.3 Å². The molecule has 21 heavy (non-hydrogen) atoms. The zero-order chi connectivity index (χ0) is 15.1. The van der Waals surface area contributed by atoms with Crippen LogP contribution in [0.3, 0.4) is 0 Å². The Balaban J connectivity index is 1.98. The van der Waals surface area contributed by atoms with Crippen molar-refractivity contribution in [3.05, 3.63) is 30.3 Å². The van der Waals surface area contributed by atoms with Crippen LogP contribution in [0.1, 0.15) is 6.42 Å². The van der Waals surface area contributed by atoms with Crippen molar-refractivity contribution >= 4 is 11.6 Å². The average molecular weight is 286 g/mol. The van der Waals surface area contributed by atoms with Crippen molar-refractivity contribution in [2.24, 2.45) is 0 Å². The average Bonchev–Trinajstić information content (AvgIpc) is 2.52. The molecule has 0 aliphatic carbocycles. The Bertz CT molecular complexity index is 489. The van der Waals surface area contributed by atoms with E-state index in [2.05, 4.69) is 18.0 Å². The molecule has 0 atom stereocenters. The van der Waals surface area contributed by atoms with Gasteiger partial charge in [-0.1, -0.05) is 18.2 Å². The highest BCUT2D eigenvalue weighted by atomic mass is 16.2. The van der Waals surface area contributed by atoms with Crippen LogP contribution in [0, 0.1) is 11.3 Å². The lowest BCUT2D eigenvalue weighted by molar-refractivity contribution is -0.131. The Labute approximate surface area is 126 Å². The van der Waals surface area contributed by atoms with Crippen molar-refractivity contribution in [3.63, 3.8) is 0 Å². The van der Waals surface area contributed by atoms with Crippen LogP contribution in [0.4, 0.5) is 5.69 Å². The van der Waals surface area contributed by atoms with Gasteiger partial charge in [-0.05, 0) is 19.2 Å². The normalized spacial score (nSPS) is 15.5. The van der Waals surface area contributed by atoms with Gasteiger partial charge < -0.3 is 14.7 Å². The van der Waals surface area contributed by atoms with Crippen LogP contribution in [0.2, 0.25) is 0 Å². The van der Waals surface area contributed by atoms with Crippen LogP contribution >= 0.6 is 0 Å². The first-order chi connectivity index (χ1) is 10.2. The highest BCUT2D eigenvalue weighted by Crippen LogP contribution is 2.14. The van der Waals surface area contributed by atoms with Crippen LogP contribution in [0.5, 0.6) is 0 Å². The summed E-state index contributed by atoms with van der Waals surface area (Å²) < 4.78 is 0. The van der Waals surface area contributed by atoms with E-state index in [1.807, 2.05) is 40.1 Å². The molecule has 1 aliphatic rings. The number of hydrogen-bond acceptors (Lipinski definition) is 4. The summed E-state index contributed by atoms with van der Waals surface area (Å²) in [5.41, 5.74) is 0.996. The number of carbonyl (C=O) groups excluding carboxylic acids is 1. The fourth-order valence-corrected chi connectivity index (χ4v) is 2.44. The van der Waals surface area contributed by atoms with Gasteiger partial charge in [-0.25, -0.2) is 0 Å². The third-order valence-corrected chi connectivity index (χ3v) is 3.80. The first kappa shape index (κ1) is 15.3. The highest BCUT2D eigenvalue weighted by molar-refractivity contribution is 5.81. The fourth-order valence-electron chi connectivity index (χ4n) is 2.44. The van der Waals surface area contributed by atoms with Gasteiger partial charge in [0.1, 0.15) is 0 Å². The van der Waals surface area contributed by atoms with E-state index in [1.165, 1.54) is 0 Å². The Morgan fingerprint density at radius 2 is 1.90 bits per heavy atom. The molecule has 1 amide bonds. The van der Waals surface area contributed by atoms with Crippen molar-refractivity contribution < 1.29 is 4.79 Å². The van der Waals surface area contributed by atoms with E-state index < -0.39 is 0 Å². The van der Waals surface area contributed by atoms with Crippen molar-refractivity contribution in [1.29, 1.82) is 5.26 Å². The van der Waals surface area contributed by atoms with E-state index in [1.54, 1.807) is 0 Å². The Hall–Kier alpha value is -2.06. The molecular weight excluding hydrogens is 264 g/mol. The number of nitrogens with zero attached hydrogens (tertiary/aromatic N) is 4. The maximum Gasteiger partial charge on any atom is 0.242 e. The SMILES string of the molecule is CN1CCN(C(=O)CN(CCC#N)c2ccccc2)CC1. The van der Waals surface area contributed by atoms with Gasteiger partial charge in [0.15, 0.2) is 0 Å². The maximum absolute atomic E-state index is 12.4. The van der Waals surface area contributed by atoms with Gasteiger partial charge in [0.2, 0.25) is 5.91 Å². The Kier molecular flexibility index (Phi) is 5.59. The third kappa shape index (κ3) is 4.47. The van der Waals surface area contributed by atoms with E-state index in [4.69, 9.17) is 5.26 Å². The van der Waals surface area contributed by atoms with Crippen molar-refractivity contribution in [2.75, 3.05) is 51.2 Å². The monoisotopic (exact) mass is 286 g/mol. The summed E-state index contributed by atoms with van der Waals surface area (Å²) in [6, 6.07) is 12.0. The summed E-state index contributed by atoms with van der Waals surface area (Å²) in [6.45, 7) is 4.35. The lowest BCUT2D eigenvalue weighted by Crippen LogP contribution is -2.50. The number of nitriles is 1. The van der Waals surface area contributed by atoms with Gasteiger partial charge >= 0.3 is 0 Å². The molecule has 5 heteroatoms. The molecule has 1 saturated heterocycles. The minimum atomic E-state index is 0.143. The molecule has 1 aliphatic heterocycles. The van der Waals surface area contributed by atoms with Crippen LogP contribution < -0.4 is 4.90 Å². The van der Waals surface area contributed by atoms with Gasteiger partial charge in [0.05, 0.1) is 19.0 Å². The number of anilines is 1. The predicted molar refractivity (Wildman–Crippen MR) is 83.0 cm³/mol. The van der Waals surface area contributed by atoms with E-state index in [9.17, 15) is 4.79 Å². The first-order valence-corrected chi connectivity index (χ1v) is 7.34. The smallest absolute Gasteiger partial charge is 0.242 e. The molecule has 0 spiro atoms. The first-order valence-electron chi connectivity index (χ1n) is 7.34. The molecule has 0 saturated carbocycles. The van der Waals surface area contributed by atoms with E-state index in [0.717, 1.165) is 31.9 Å². The molecule has 0 N–H and O–H groups in total. The molecule has 0 unspecified atom stereocenters. The number of piperazine rings is 1. The molecule has 0 radical (unpaired) electrons. The van der Waals surface area contributed by atoms with Gasteiger partial charge in [-0.15, -0.1) is 0 Å². The molecule has 0 bridgehead atoms. The zero-order valence-corrected chi connectivity index (χ0v) is 12.5. The molecule has 1 aromatic rings. The quantitative estimate of drug-likeness (QED) is 0.815. The second-order valence-electron chi connectivity index (χ2n) is 5.35. The molecule has 1 aromatic carbocycles. The number of benzene rings is 1. The van der Waals surface area contributed by atoms with E-state index >= 15 is 0 Å². The molecule has 112 valence electrons. The number of hydrogen-bond donors (Lipinski definition) is 0. The summed E-state index contributed by atoms with van der Waals surface area (Å²) in [4.78, 5) is 18.6. The fraction of sp³-hybridized carbons (Fsp3) is 0.500. The summed E-state index contributed by atoms with van der Waals surface area (Å²) in [7, 11) is 2.07. The van der Waals surface area contributed by atoms with Gasteiger partial charge in [-0.2, -0.15) is 5.26 Å². The second-order valence-corrected chi connectivity index (χ2v) is 5.35. The van der Waals surface area contributed by atoms with Crippen molar-refractivity contribution in [3.8, 4) is 6.07 Å². The molecule has 0 aromatic heterocycles. The molecular formula is C16H22N4O. The van der Waals surface area contributed by atoms with Crippen LogP contribution in [-0.4, -0.2) is 62.0 Å². The highest BCUT2D eigenvalue weighted by Gasteiger charge is 2.21. The summed E-state index contributed by atoms with van der Waals surface area (Å²) in [5.74, 6) is 0.143. The minimum Gasteiger partial charge on any atom is -0.361 e. The molecule has 1 heterocycles. The summed E-state index contributed by atoms with van der Waals surface area (Å²) in [6.07, 6.45) is 0.422. The number of rotatable bonds is 5. The Morgan fingerprint density at radius 1 is 1.24 bits per heavy atom. The third-order valence-electron chi connectivity index (χ3n) is 3.80. The van der Waals surface area contributed by atoms with E-state index in [0.29, 0.717) is 19.5 Å². The lowest BCUT2D eigenvalue weighted by Gasteiger charge is -2.34. The number of carbonyl (C=O) groups is 1. The second kappa shape index (κ2) is 7.65. The zero-order valence-electron chi connectivity index (χ0n) is 12.5. The molecule has 2 rings (SSSR count). The number of amides is 1. The van der Waals surface area contributed by atoms with Crippen LogP contribution in [0.25, 0.3) is 0 Å². The predicted octanol–water partition coefficient (Wildman–Crippen LogP) is 1.18. The molecule has 1 fully saturated rings. The topological polar surface area (TPSA) is 50.6 Å². The maximum atomic E-state index is 12.4. The van der Waals surface area contributed by atoms with Crippen molar-refractivity contribution in [2.45, 2.75) is 6.42 Å². The standard InChI is InChI=1S/C16H22N4O/c1-18-10-12-19(13-11-18)16(21)14-20(9-5-8-17)15-6-3-2-4-7-15/h2-4,6-7H,5,9-14H2,1H3. The van der Waals surface area contributed by atoms with E-state index in [-0.39, 0.29) is 5.91 Å². The lowest BCUT2D eigenvalue weighted by atomic mass is 10.2. The van der Waals surface area contributed by atoms with Gasteiger partial charge in [0.25, 0.3) is 0 Å². The van der Waals surface area contributed by atoms with Gasteiger partial charge in [-0.3, -0.25) is 4.79 Å². The summed E-state index contributed by atoms with van der Waals surface area (Å²) >= 11 is 0. The van der Waals surface area contributed by atoms with Gasteiger partial charge in [0, 0.05) is 38.4 Å². The molecule has 5 nitrogen and oxygen atoms in total. The minimum absolute atomic E-state index is 0.143. The van der Waals surface area contributed by atoms with Crippen molar-refractivity contribution in [1.82, 2.24) is 9.80 Å². The summed E-state index contributed by atoms with van der Waals surface area (Å²) in [5, 5.41) is 8.80. The largest absolute Gasteiger partial charge is 0.361 e.